The Hall–Kier alpha value is -4.07. The summed E-state index contributed by atoms with van der Waals surface area (Å²) in [5, 5.41) is 3.67. The molecule has 7 nitrogen and oxygen atoms in total. The number of ether oxygens (including phenoxy) is 1. The summed E-state index contributed by atoms with van der Waals surface area (Å²) >= 11 is 0. The normalized spacial score (nSPS) is 10.8. The number of carbonyl (C=O) groups is 2. The van der Waals surface area contributed by atoms with E-state index in [1.54, 1.807) is 47.3 Å². The smallest absolute Gasteiger partial charge is 0.307 e. The molecule has 0 aliphatic rings. The highest BCUT2D eigenvalue weighted by molar-refractivity contribution is 5.99. The zero-order valence-electron chi connectivity index (χ0n) is 17.6. The maximum atomic E-state index is 14.1. The van der Waals surface area contributed by atoms with Crippen molar-refractivity contribution in [3.05, 3.63) is 78.0 Å². The quantitative estimate of drug-likeness (QED) is 0.468. The van der Waals surface area contributed by atoms with E-state index in [1.807, 2.05) is 19.2 Å². The Balaban J connectivity index is 1.63. The van der Waals surface area contributed by atoms with E-state index in [1.165, 1.54) is 13.2 Å². The first-order valence-corrected chi connectivity index (χ1v) is 10.0. The predicted octanol–water partition coefficient (Wildman–Crippen LogP) is 3.83. The van der Waals surface area contributed by atoms with Gasteiger partial charge in [0.2, 0.25) is 5.95 Å². The van der Waals surface area contributed by atoms with E-state index in [2.05, 4.69) is 20.0 Å². The summed E-state index contributed by atoms with van der Waals surface area (Å²) in [5.74, 6) is -0.612. The number of hydrogen-bond donors (Lipinski definition) is 1. The molecule has 2 aromatic carbocycles. The first-order chi connectivity index (χ1) is 15.5. The molecule has 0 aliphatic carbocycles. The van der Waals surface area contributed by atoms with Crippen LogP contribution in [0.25, 0.3) is 28.0 Å². The standard InChI is InChI=1S/C24H21FN4O3/c1-15-14-29(24-27-12-17(13-28-24)19-5-3-4-6-20(19)25)21-11-16(7-8-18(15)21)23(31)26-10-9-22(30)32-2/h3-8,11-14H,9-10H2,1-2H3,(H,26,31). The Morgan fingerprint density at radius 2 is 1.88 bits per heavy atom. The topological polar surface area (TPSA) is 86.1 Å². The molecule has 2 heterocycles. The molecule has 0 unspecified atom stereocenters. The first-order valence-electron chi connectivity index (χ1n) is 10.0. The molecule has 0 saturated heterocycles. The van der Waals surface area contributed by atoms with Crippen molar-refractivity contribution in [2.24, 2.45) is 0 Å². The Labute approximate surface area is 183 Å². The van der Waals surface area contributed by atoms with Gasteiger partial charge >= 0.3 is 5.97 Å². The van der Waals surface area contributed by atoms with E-state index in [4.69, 9.17) is 0 Å². The van der Waals surface area contributed by atoms with Crippen LogP contribution in [0.3, 0.4) is 0 Å². The molecule has 0 spiro atoms. The monoisotopic (exact) mass is 432 g/mol. The van der Waals surface area contributed by atoms with Crippen LogP contribution in [0.15, 0.2) is 61.1 Å². The van der Waals surface area contributed by atoms with E-state index in [0.29, 0.717) is 22.6 Å². The zero-order valence-corrected chi connectivity index (χ0v) is 17.6. The van der Waals surface area contributed by atoms with Crippen molar-refractivity contribution >= 4 is 22.8 Å². The van der Waals surface area contributed by atoms with Crippen molar-refractivity contribution in [1.29, 1.82) is 0 Å². The third-order valence-corrected chi connectivity index (χ3v) is 5.15. The minimum Gasteiger partial charge on any atom is -0.469 e. The van der Waals surface area contributed by atoms with Gasteiger partial charge in [-0.05, 0) is 30.7 Å². The van der Waals surface area contributed by atoms with Gasteiger partial charge < -0.3 is 10.1 Å². The highest BCUT2D eigenvalue weighted by atomic mass is 19.1. The largest absolute Gasteiger partial charge is 0.469 e. The minimum atomic E-state index is -0.388. The third-order valence-electron chi connectivity index (χ3n) is 5.15. The lowest BCUT2D eigenvalue weighted by molar-refractivity contribution is -0.140. The number of benzene rings is 2. The van der Waals surface area contributed by atoms with E-state index in [9.17, 15) is 14.0 Å². The van der Waals surface area contributed by atoms with Crippen LogP contribution in [-0.2, 0) is 9.53 Å². The molecule has 4 aromatic rings. The molecule has 1 amide bonds. The highest BCUT2D eigenvalue weighted by Crippen LogP contribution is 2.26. The summed E-state index contributed by atoms with van der Waals surface area (Å²) in [6, 6.07) is 11.8. The summed E-state index contributed by atoms with van der Waals surface area (Å²) in [5.41, 5.74) is 3.22. The number of hydrogen-bond acceptors (Lipinski definition) is 5. The van der Waals surface area contributed by atoms with Gasteiger partial charge in [0, 0.05) is 47.2 Å². The minimum absolute atomic E-state index is 0.0994. The predicted molar refractivity (Wildman–Crippen MR) is 118 cm³/mol. The number of rotatable bonds is 6. The number of carbonyl (C=O) groups excluding carboxylic acids is 2. The van der Waals surface area contributed by atoms with Crippen molar-refractivity contribution in [1.82, 2.24) is 19.9 Å². The molecule has 1 N–H and O–H groups in total. The molecule has 8 heteroatoms. The summed E-state index contributed by atoms with van der Waals surface area (Å²) in [4.78, 5) is 32.6. The van der Waals surface area contributed by atoms with E-state index >= 15 is 0 Å². The summed E-state index contributed by atoms with van der Waals surface area (Å²) in [7, 11) is 1.31. The number of esters is 1. The maximum Gasteiger partial charge on any atom is 0.307 e. The van der Waals surface area contributed by atoms with Crippen LogP contribution in [0.1, 0.15) is 22.3 Å². The molecular formula is C24H21FN4O3. The average Bonchev–Trinajstić information content (AvgIpc) is 3.15. The van der Waals surface area contributed by atoms with Crippen LogP contribution < -0.4 is 5.32 Å². The van der Waals surface area contributed by atoms with Crippen LogP contribution >= 0.6 is 0 Å². The number of aryl methyl sites for hydroxylation is 1. The lowest BCUT2D eigenvalue weighted by atomic mass is 10.1. The van der Waals surface area contributed by atoms with Gasteiger partial charge in [0.05, 0.1) is 19.0 Å². The molecule has 2 aromatic heterocycles. The molecule has 4 rings (SSSR count). The number of fused-ring (bicyclic) bond motifs is 1. The zero-order chi connectivity index (χ0) is 22.7. The lowest BCUT2D eigenvalue weighted by Crippen LogP contribution is -2.26. The number of nitrogens with one attached hydrogen (secondary N) is 1. The van der Waals surface area contributed by atoms with E-state index in [0.717, 1.165) is 16.5 Å². The van der Waals surface area contributed by atoms with E-state index < -0.39 is 0 Å². The maximum absolute atomic E-state index is 14.1. The molecule has 0 saturated carbocycles. The van der Waals surface area contributed by atoms with Crippen LogP contribution in [-0.4, -0.2) is 40.1 Å². The Morgan fingerprint density at radius 3 is 2.59 bits per heavy atom. The molecule has 0 bridgehead atoms. The molecular weight excluding hydrogens is 411 g/mol. The van der Waals surface area contributed by atoms with Crippen LogP contribution in [0, 0.1) is 12.7 Å². The third kappa shape index (κ3) is 4.20. The fourth-order valence-electron chi connectivity index (χ4n) is 3.47. The number of nitrogens with zero attached hydrogens (tertiary/aromatic N) is 3. The van der Waals surface area contributed by atoms with Crippen molar-refractivity contribution in [3.63, 3.8) is 0 Å². The van der Waals surface area contributed by atoms with Crippen LogP contribution in [0.5, 0.6) is 0 Å². The van der Waals surface area contributed by atoms with Crippen molar-refractivity contribution in [2.45, 2.75) is 13.3 Å². The molecule has 162 valence electrons. The van der Waals surface area contributed by atoms with Crippen LogP contribution in [0.4, 0.5) is 4.39 Å². The fraction of sp³-hybridized carbons (Fsp3) is 0.167. The molecule has 32 heavy (non-hydrogen) atoms. The second kappa shape index (κ2) is 8.97. The Morgan fingerprint density at radius 1 is 1.12 bits per heavy atom. The lowest BCUT2D eigenvalue weighted by Gasteiger charge is -2.08. The number of halogens is 1. The van der Waals surface area contributed by atoms with Gasteiger partial charge in [0.25, 0.3) is 5.91 Å². The number of methoxy groups -OCH3 is 1. The summed E-state index contributed by atoms with van der Waals surface area (Å²) in [6.45, 7) is 2.15. The van der Waals surface area contributed by atoms with Gasteiger partial charge in [-0.25, -0.2) is 14.4 Å². The molecule has 0 fully saturated rings. The van der Waals surface area contributed by atoms with Gasteiger partial charge in [-0.3, -0.25) is 14.2 Å². The highest BCUT2D eigenvalue weighted by Gasteiger charge is 2.14. The van der Waals surface area contributed by atoms with Gasteiger partial charge in [0.1, 0.15) is 5.82 Å². The van der Waals surface area contributed by atoms with Crippen LogP contribution in [0.2, 0.25) is 0 Å². The molecule has 0 aliphatic heterocycles. The summed E-state index contributed by atoms with van der Waals surface area (Å²) < 4.78 is 20.4. The number of aromatic nitrogens is 3. The van der Waals surface area contributed by atoms with E-state index in [-0.39, 0.29) is 30.7 Å². The molecule has 0 atom stereocenters. The van der Waals surface area contributed by atoms with Crippen molar-refractivity contribution in [2.75, 3.05) is 13.7 Å². The average molecular weight is 432 g/mol. The second-order valence-electron chi connectivity index (χ2n) is 7.25. The summed E-state index contributed by atoms with van der Waals surface area (Å²) in [6.07, 6.45) is 5.14. The van der Waals surface area contributed by atoms with Gasteiger partial charge in [0.15, 0.2) is 0 Å². The Bertz CT molecular complexity index is 1300. The van der Waals surface area contributed by atoms with Gasteiger partial charge in [-0.1, -0.05) is 24.3 Å². The van der Waals surface area contributed by atoms with Gasteiger partial charge in [-0.2, -0.15) is 0 Å². The van der Waals surface area contributed by atoms with Gasteiger partial charge in [-0.15, -0.1) is 0 Å². The number of amides is 1. The van der Waals surface area contributed by atoms with Crippen molar-refractivity contribution in [3.8, 4) is 17.1 Å². The molecule has 0 radical (unpaired) electrons. The first kappa shape index (κ1) is 21.2. The van der Waals surface area contributed by atoms with Crippen molar-refractivity contribution < 1.29 is 18.7 Å². The Kier molecular flexibility index (Phi) is 5.93. The SMILES string of the molecule is COC(=O)CCNC(=O)c1ccc2c(C)cn(-c3ncc(-c4ccccc4F)cn3)c2c1. The fourth-order valence-corrected chi connectivity index (χ4v) is 3.47. The second-order valence-corrected chi connectivity index (χ2v) is 7.25.